The van der Waals surface area contributed by atoms with Gasteiger partial charge in [0, 0.05) is 68.2 Å². The molecule has 0 spiro atoms. The van der Waals surface area contributed by atoms with Crippen LogP contribution >= 0.6 is 11.3 Å². The number of likely N-dealkylation sites (tertiary alicyclic amines) is 1. The first-order valence-corrected chi connectivity index (χ1v) is 10.4. The third-order valence-electron chi connectivity index (χ3n) is 4.82. The fourth-order valence-electron chi connectivity index (χ4n) is 3.31. The van der Waals surface area contributed by atoms with Crippen molar-refractivity contribution in [1.29, 1.82) is 0 Å². The highest BCUT2D eigenvalue weighted by Crippen LogP contribution is 2.23. The highest BCUT2D eigenvalue weighted by Gasteiger charge is 2.34. The third-order valence-corrected chi connectivity index (χ3v) is 5.76. The first-order chi connectivity index (χ1) is 14.2. The van der Waals surface area contributed by atoms with E-state index in [1.165, 1.54) is 0 Å². The number of aromatic nitrogens is 3. The maximum atomic E-state index is 12.5. The number of hydrogen-bond acceptors (Lipinski definition) is 6. The fourth-order valence-corrected chi connectivity index (χ4v) is 4.16. The quantitative estimate of drug-likeness (QED) is 0.649. The minimum Gasteiger partial charge on any atom is -0.355 e. The molecule has 1 saturated heterocycles. The highest BCUT2D eigenvalue weighted by atomic mass is 32.1. The minimum atomic E-state index is -0.305. The van der Waals surface area contributed by atoms with Gasteiger partial charge in [0.25, 0.3) is 0 Å². The summed E-state index contributed by atoms with van der Waals surface area (Å²) in [5.41, 5.74) is 2.90. The molecule has 4 rings (SSSR count). The molecular weight excluding hydrogens is 386 g/mol. The summed E-state index contributed by atoms with van der Waals surface area (Å²) in [6.07, 6.45) is 7.89. The molecule has 1 unspecified atom stereocenters. The standard InChI is InChI=1S/C21H21N5O2S/c27-19-9-17(13-26(19)12-15-3-1-6-22-10-15)20(28)24-8-5-18-14-29-21(25-18)16-4-2-7-23-11-16/h1-4,6-7,10-11,14,17H,5,8-9,12-13H2,(H,24,28). The van der Waals surface area contributed by atoms with Crippen LogP contribution in [-0.4, -0.2) is 44.8 Å². The number of amides is 2. The molecule has 7 nitrogen and oxygen atoms in total. The summed E-state index contributed by atoms with van der Waals surface area (Å²) in [6.45, 7) is 1.44. The summed E-state index contributed by atoms with van der Waals surface area (Å²) in [6, 6.07) is 7.64. The second-order valence-electron chi connectivity index (χ2n) is 6.96. The van der Waals surface area contributed by atoms with Gasteiger partial charge in [0.15, 0.2) is 0 Å². The lowest BCUT2D eigenvalue weighted by Gasteiger charge is -2.16. The van der Waals surface area contributed by atoms with Crippen LogP contribution in [0.3, 0.4) is 0 Å². The van der Waals surface area contributed by atoms with E-state index in [-0.39, 0.29) is 24.2 Å². The molecule has 1 aliphatic rings. The molecule has 8 heteroatoms. The van der Waals surface area contributed by atoms with Gasteiger partial charge in [0.1, 0.15) is 5.01 Å². The molecule has 2 amide bonds. The van der Waals surface area contributed by atoms with Crippen molar-refractivity contribution in [3.05, 3.63) is 65.7 Å². The van der Waals surface area contributed by atoms with Crippen LogP contribution < -0.4 is 5.32 Å². The smallest absolute Gasteiger partial charge is 0.225 e. The van der Waals surface area contributed by atoms with Crippen LogP contribution in [0.25, 0.3) is 10.6 Å². The molecule has 3 aromatic rings. The maximum Gasteiger partial charge on any atom is 0.225 e. The Morgan fingerprint density at radius 2 is 2.03 bits per heavy atom. The second kappa shape index (κ2) is 8.91. The van der Waals surface area contributed by atoms with E-state index >= 15 is 0 Å². The first kappa shape index (κ1) is 19.2. The number of pyridine rings is 2. The molecule has 0 radical (unpaired) electrons. The summed E-state index contributed by atoms with van der Waals surface area (Å²) >= 11 is 1.57. The Morgan fingerprint density at radius 3 is 2.79 bits per heavy atom. The molecule has 0 saturated carbocycles. The zero-order chi connectivity index (χ0) is 20.1. The Kier molecular flexibility index (Phi) is 5.90. The zero-order valence-electron chi connectivity index (χ0n) is 15.8. The van der Waals surface area contributed by atoms with Crippen molar-refractivity contribution in [2.75, 3.05) is 13.1 Å². The molecule has 1 fully saturated rings. The minimum absolute atomic E-state index is 0.00890. The van der Waals surface area contributed by atoms with Crippen molar-refractivity contribution >= 4 is 23.2 Å². The lowest BCUT2D eigenvalue weighted by molar-refractivity contribution is -0.129. The van der Waals surface area contributed by atoms with Crippen LogP contribution in [0.5, 0.6) is 0 Å². The molecular formula is C21H21N5O2S. The third kappa shape index (κ3) is 4.83. The van der Waals surface area contributed by atoms with E-state index in [4.69, 9.17) is 0 Å². The molecule has 0 aliphatic carbocycles. The van der Waals surface area contributed by atoms with Crippen LogP contribution in [0.2, 0.25) is 0 Å². The highest BCUT2D eigenvalue weighted by molar-refractivity contribution is 7.13. The van der Waals surface area contributed by atoms with Gasteiger partial charge < -0.3 is 10.2 Å². The van der Waals surface area contributed by atoms with Crippen molar-refractivity contribution in [1.82, 2.24) is 25.2 Å². The van der Waals surface area contributed by atoms with Gasteiger partial charge in [-0.3, -0.25) is 19.6 Å². The summed E-state index contributed by atoms with van der Waals surface area (Å²) < 4.78 is 0. The lowest BCUT2D eigenvalue weighted by atomic mass is 10.1. The Morgan fingerprint density at radius 1 is 1.21 bits per heavy atom. The summed E-state index contributed by atoms with van der Waals surface area (Å²) in [7, 11) is 0. The van der Waals surface area contributed by atoms with E-state index in [0.717, 1.165) is 21.8 Å². The lowest BCUT2D eigenvalue weighted by Crippen LogP contribution is -2.34. The van der Waals surface area contributed by atoms with Gasteiger partial charge in [-0.15, -0.1) is 11.3 Å². The first-order valence-electron chi connectivity index (χ1n) is 9.48. The van der Waals surface area contributed by atoms with E-state index < -0.39 is 0 Å². The number of hydrogen-bond donors (Lipinski definition) is 1. The molecule has 148 valence electrons. The number of carbonyl (C=O) groups is 2. The van der Waals surface area contributed by atoms with E-state index in [2.05, 4.69) is 20.3 Å². The number of nitrogens with zero attached hydrogens (tertiary/aromatic N) is 4. The molecule has 1 atom stereocenters. The molecule has 0 aromatic carbocycles. The fraction of sp³-hybridized carbons (Fsp3) is 0.286. The Bertz CT molecular complexity index is 977. The largest absolute Gasteiger partial charge is 0.355 e. The topological polar surface area (TPSA) is 88.1 Å². The van der Waals surface area contributed by atoms with Crippen LogP contribution in [-0.2, 0) is 22.6 Å². The Hall–Kier alpha value is -3.13. The van der Waals surface area contributed by atoms with Crippen molar-refractivity contribution in [3.8, 4) is 10.6 Å². The van der Waals surface area contributed by atoms with Crippen LogP contribution in [0.1, 0.15) is 17.7 Å². The predicted octanol–water partition coefficient (Wildman–Crippen LogP) is 2.31. The molecule has 4 heterocycles. The van der Waals surface area contributed by atoms with Gasteiger partial charge in [-0.2, -0.15) is 0 Å². The summed E-state index contributed by atoms with van der Waals surface area (Å²) in [4.78, 5) is 39.2. The average molecular weight is 407 g/mol. The summed E-state index contributed by atoms with van der Waals surface area (Å²) in [5.74, 6) is -0.370. The van der Waals surface area contributed by atoms with Crippen molar-refractivity contribution in [2.24, 2.45) is 5.92 Å². The van der Waals surface area contributed by atoms with Crippen LogP contribution in [0.15, 0.2) is 54.4 Å². The molecule has 1 aliphatic heterocycles. The molecule has 1 N–H and O–H groups in total. The number of nitrogens with one attached hydrogen (secondary N) is 1. The van der Waals surface area contributed by atoms with Gasteiger partial charge in [0.2, 0.25) is 11.8 Å². The average Bonchev–Trinajstić information content (AvgIpc) is 3.37. The van der Waals surface area contributed by atoms with Gasteiger partial charge >= 0.3 is 0 Å². The van der Waals surface area contributed by atoms with Gasteiger partial charge in [-0.05, 0) is 23.8 Å². The van der Waals surface area contributed by atoms with Gasteiger partial charge in [-0.1, -0.05) is 6.07 Å². The normalized spacial score (nSPS) is 16.2. The molecule has 3 aromatic heterocycles. The van der Waals surface area contributed by atoms with Crippen molar-refractivity contribution in [3.63, 3.8) is 0 Å². The SMILES string of the molecule is O=C(NCCc1csc(-c2cccnc2)n1)C1CC(=O)N(Cc2cccnc2)C1. The second-order valence-corrected chi connectivity index (χ2v) is 7.82. The maximum absolute atomic E-state index is 12.5. The Balaban J connectivity index is 1.25. The summed E-state index contributed by atoms with van der Waals surface area (Å²) in [5, 5.41) is 5.88. The van der Waals surface area contributed by atoms with Crippen LogP contribution in [0.4, 0.5) is 0 Å². The van der Waals surface area contributed by atoms with E-state index in [9.17, 15) is 9.59 Å². The van der Waals surface area contributed by atoms with Gasteiger partial charge in [-0.25, -0.2) is 4.98 Å². The molecule has 29 heavy (non-hydrogen) atoms. The number of carbonyl (C=O) groups excluding carboxylic acids is 2. The molecule has 0 bridgehead atoms. The van der Waals surface area contributed by atoms with Crippen molar-refractivity contribution < 1.29 is 9.59 Å². The predicted molar refractivity (Wildman–Crippen MR) is 110 cm³/mol. The Labute approximate surface area is 172 Å². The zero-order valence-corrected chi connectivity index (χ0v) is 16.6. The van der Waals surface area contributed by atoms with E-state index in [0.29, 0.717) is 26.1 Å². The van der Waals surface area contributed by atoms with Crippen molar-refractivity contribution in [2.45, 2.75) is 19.4 Å². The number of thiazole rings is 1. The monoisotopic (exact) mass is 407 g/mol. The van der Waals surface area contributed by atoms with Crippen LogP contribution in [0, 0.1) is 5.92 Å². The number of rotatable bonds is 7. The van der Waals surface area contributed by atoms with E-state index in [1.807, 2.05) is 29.6 Å². The van der Waals surface area contributed by atoms with E-state index in [1.54, 1.807) is 41.0 Å². The van der Waals surface area contributed by atoms with Gasteiger partial charge in [0.05, 0.1) is 11.6 Å².